The van der Waals surface area contributed by atoms with Crippen LogP contribution in [0.4, 0.5) is 0 Å². The van der Waals surface area contributed by atoms with Crippen molar-refractivity contribution in [1.82, 2.24) is 10.2 Å². The maximum absolute atomic E-state index is 3.74. The first-order valence-corrected chi connectivity index (χ1v) is 8.63. The van der Waals surface area contributed by atoms with E-state index in [2.05, 4.69) is 31.0 Å². The lowest BCUT2D eigenvalue weighted by Crippen LogP contribution is -2.47. The van der Waals surface area contributed by atoms with Crippen molar-refractivity contribution in [2.45, 2.75) is 84.2 Å². The standard InChI is InChI=1S/C17H34N2/c1-4-16-9-8-12-19(16)14-17(13-18-15(2)3)10-6-5-7-11-17/h15-16,18H,4-14H2,1-3H3. The highest BCUT2D eigenvalue weighted by atomic mass is 15.2. The third-order valence-electron chi connectivity index (χ3n) is 5.31. The highest BCUT2D eigenvalue weighted by Gasteiger charge is 2.36. The van der Waals surface area contributed by atoms with Crippen LogP contribution >= 0.6 is 0 Å². The summed E-state index contributed by atoms with van der Waals surface area (Å²) in [5.41, 5.74) is 0.570. The molecular formula is C17H34N2. The Labute approximate surface area is 120 Å². The van der Waals surface area contributed by atoms with Crippen LogP contribution in [0, 0.1) is 5.41 Å². The van der Waals surface area contributed by atoms with Gasteiger partial charge in [0.2, 0.25) is 0 Å². The molecule has 0 spiro atoms. The fourth-order valence-corrected chi connectivity index (χ4v) is 4.11. The van der Waals surface area contributed by atoms with Gasteiger partial charge in [-0.1, -0.05) is 40.0 Å². The van der Waals surface area contributed by atoms with Crippen molar-refractivity contribution in [1.29, 1.82) is 0 Å². The molecule has 0 amide bonds. The second kappa shape index (κ2) is 7.08. The van der Waals surface area contributed by atoms with Crippen LogP contribution in [0.2, 0.25) is 0 Å². The van der Waals surface area contributed by atoms with E-state index < -0.39 is 0 Å². The molecule has 0 bridgehead atoms. The van der Waals surface area contributed by atoms with Gasteiger partial charge in [-0.2, -0.15) is 0 Å². The summed E-state index contributed by atoms with van der Waals surface area (Å²) >= 11 is 0. The number of likely N-dealkylation sites (tertiary alicyclic amines) is 1. The molecule has 1 aliphatic heterocycles. The molecule has 1 saturated carbocycles. The van der Waals surface area contributed by atoms with Gasteiger partial charge in [-0.25, -0.2) is 0 Å². The van der Waals surface area contributed by atoms with Gasteiger partial charge in [0.15, 0.2) is 0 Å². The van der Waals surface area contributed by atoms with Crippen molar-refractivity contribution in [2.24, 2.45) is 5.41 Å². The summed E-state index contributed by atoms with van der Waals surface area (Å²) in [6.07, 6.45) is 11.4. The van der Waals surface area contributed by atoms with Gasteiger partial charge in [0.25, 0.3) is 0 Å². The molecule has 2 nitrogen and oxygen atoms in total. The van der Waals surface area contributed by atoms with E-state index in [9.17, 15) is 0 Å². The Morgan fingerprint density at radius 1 is 1.16 bits per heavy atom. The molecule has 19 heavy (non-hydrogen) atoms. The summed E-state index contributed by atoms with van der Waals surface area (Å²) in [5.74, 6) is 0. The fraction of sp³-hybridized carbons (Fsp3) is 1.00. The predicted octanol–water partition coefficient (Wildman–Crippen LogP) is 3.81. The number of nitrogens with one attached hydrogen (secondary N) is 1. The zero-order valence-electron chi connectivity index (χ0n) is 13.4. The molecule has 112 valence electrons. The highest BCUT2D eigenvalue weighted by Crippen LogP contribution is 2.38. The minimum atomic E-state index is 0.570. The lowest BCUT2D eigenvalue weighted by atomic mass is 9.73. The lowest BCUT2D eigenvalue weighted by Gasteiger charge is -2.42. The lowest BCUT2D eigenvalue weighted by molar-refractivity contribution is 0.0915. The molecular weight excluding hydrogens is 232 g/mol. The van der Waals surface area contributed by atoms with Gasteiger partial charge >= 0.3 is 0 Å². The molecule has 2 rings (SSSR count). The van der Waals surface area contributed by atoms with E-state index in [0.29, 0.717) is 11.5 Å². The number of nitrogens with zero attached hydrogens (tertiary/aromatic N) is 1. The van der Waals surface area contributed by atoms with Crippen molar-refractivity contribution < 1.29 is 0 Å². The minimum absolute atomic E-state index is 0.570. The smallest absolute Gasteiger partial charge is 0.00933 e. The number of hydrogen-bond acceptors (Lipinski definition) is 2. The topological polar surface area (TPSA) is 15.3 Å². The van der Waals surface area contributed by atoms with Crippen LogP contribution in [0.5, 0.6) is 0 Å². The SMILES string of the molecule is CCC1CCCN1CC1(CNC(C)C)CCCCC1. The number of hydrogen-bond donors (Lipinski definition) is 1. The van der Waals surface area contributed by atoms with Gasteiger partial charge in [-0.3, -0.25) is 4.90 Å². The zero-order chi connectivity index (χ0) is 13.7. The molecule has 0 radical (unpaired) electrons. The Bertz CT molecular complexity index is 256. The predicted molar refractivity (Wildman–Crippen MR) is 83.5 cm³/mol. The Hall–Kier alpha value is -0.0800. The molecule has 1 saturated heterocycles. The van der Waals surface area contributed by atoms with Crippen molar-refractivity contribution >= 4 is 0 Å². The molecule has 0 aromatic rings. The molecule has 0 aromatic carbocycles. The molecule has 1 unspecified atom stereocenters. The van der Waals surface area contributed by atoms with Crippen LogP contribution in [-0.2, 0) is 0 Å². The largest absolute Gasteiger partial charge is 0.314 e. The van der Waals surface area contributed by atoms with E-state index in [1.807, 2.05) is 0 Å². The Kier molecular flexibility index (Phi) is 5.70. The van der Waals surface area contributed by atoms with E-state index >= 15 is 0 Å². The van der Waals surface area contributed by atoms with Gasteiger partial charge in [-0.05, 0) is 44.1 Å². The Balaban J connectivity index is 1.96. The van der Waals surface area contributed by atoms with Crippen LogP contribution in [-0.4, -0.2) is 36.6 Å². The van der Waals surface area contributed by atoms with Gasteiger partial charge in [0, 0.05) is 25.2 Å². The van der Waals surface area contributed by atoms with E-state index in [0.717, 1.165) is 6.04 Å². The van der Waals surface area contributed by atoms with Gasteiger partial charge in [-0.15, -0.1) is 0 Å². The maximum Gasteiger partial charge on any atom is 0.00933 e. The third-order valence-corrected chi connectivity index (χ3v) is 5.31. The van der Waals surface area contributed by atoms with Gasteiger partial charge < -0.3 is 5.32 Å². The first kappa shape index (κ1) is 15.3. The molecule has 1 aliphatic carbocycles. The van der Waals surface area contributed by atoms with E-state index in [4.69, 9.17) is 0 Å². The zero-order valence-corrected chi connectivity index (χ0v) is 13.4. The second-order valence-electron chi connectivity index (χ2n) is 7.27. The maximum atomic E-state index is 3.74. The fourth-order valence-electron chi connectivity index (χ4n) is 4.11. The summed E-state index contributed by atoms with van der Waals surface area (Å²) in [4.78, 5) is 2.81. The summed E-state index contributed by atoms with van der Waals surface area (Å²) < 4.78 is 0. The van der Waals surface area contributed by atoms with Crippen molar-refractivity contribution in [2.75, 3.05) is 19.6 Å². The summed E-state index contributed by atoms with van der Waals surface area (Å²) in [5, 5.41) is 3.74. The molecule has 2 fully saturated rings. The monoisotopic (exact) mass is 266 g/mol. The molecule has 2 heteroatoms. The van der Waals surface area contributed by atoms with Gasteiger partial charge in [0.1, 0.15) is 0 Å². The van der Waals surface area contributed by atoms with E-state index in [1.165, 1.54) is 71.0 Å². The van der Waals surface area contributed by atoms with E-state index in [-0.39, 0.29) is 0 Å². The summed E-state index contributed by atoms with van der Waals surface area (Å²) in [6, 6.07) is 1.50. The third kappa shape index (κ3) is 4.19. The molecule has 2 aliphatic rings. The van der Waals surface area contributed by atoms with Crippen molar-refractivity contribution in [3.63, 3.8) is 0 Å². The minimum Gasteiger partial charge on any atom is -0.314 e. The molecule has 1 N–H and O–H groups in total. The molecule has 0 aromatic heterocycles. The molecule has 1 atom stereocenters. The summed E-state index contributed by atoms with van der Waals surface area (Å²) in [7, 11) is 0. The Morgan fingerprint density at radius 2 is 1.89 bits per heavy atom. The van der Waals surface area contributed by atoms with Crippen LogP contribution in [0.25, 0.3) is 0 Å². The first-order valence-electron chi connectivity index (χ1n) is 8.63. The van der Waals surface area contributed by atoms with Crippen molar-refractivity contribution in [3.8, 4) is 0 Å². The highest BCUT2D eigenvalue weighted by molar-refractivity contribution is 4.91. The first-order chi connectivity index (χ1) is 9.15. The second-order valence-corrected chi connectivity index (χ2v) is 7.27. The Morgan fingerprint density at radius 3 is 2.53 bits per heavy atom. The van der Waals surface area contributed by atoms with Crippen LogP contribution in [0.3, 0.4) is 0 Å². The molecule has 1 heterocycles. The van der Waals surface area contributed by atoms with Crippen molar-refractivity contribution in [3.05, 3.63) is 0 Å². The average Bonchev–Trinajstić information content (AvgIpc) is 2.85. The van der Waals surface area contributed by atoms with Gasteiger partial charge in [0.05, 0.1) is 0 Å². The van der Waals surface area contributed by atoms with Crippen LogP contribution in [0.1, 0.15) is 72.1 Å². The van der Waals surface area contributed by atoms with Crippen LogP contribution in [0.15, 0.2) is 0 Å². The average molecular weight is 266 g/mol. The number of rotatable bonds is 6. The van der Waals surface area contributed by atoms with E-state index in [1.54, 1.807) is 0 Å². The quantitative estimate of drug-likeness (QED) is 0.786. The normalized spacial score (nSPS) is 28.1. The summed E-state index contributed by atoms with van der Waals surface area (Å²) in [6.45, 7) is 10.9. The van der Waals surface area contributed by atoms with Crippen LogP contribution < -0.4 is 5.32 Å².